The Morgan fingerprint density at radius 3 is 2.62 bits per heavy atom. The van der Waals surface area contributed by atoms with Gasteiger partial charge in [0.05, 0.1) is 0 Å². The second-order valence-corrected chi connectivity index (χ2v) is 7.52. The predicted molar refractivity (Wildman–Crippen MR) is 89.5 cm³/mol. The van der Waals surface area contributed by atoms with Crippen LogP contribution in [-0.2, 0) is 6.42 Å². The highest BCUT2D eigenvalue weighted by Crippen LogP contribution is 2.36. The number of aryl methyl sites for hydroxylation is 2. The zero-order chi connectivity index (χ0) is 15.0. The Labute approximate surface area is 129 Å². The molecule has 3 atom stereocenters. The minimum absolute atomic E-state index is 0.358. The van der Waals surface area contributed by atoms with E-state index in [1.807, 2.05) is 0 Å². The lowest BCUT2D eigenvalue weighted by atomic mass is 9.87. The lowest BCUT2D eigenvalue weighted by Gasteiger charge is -2.40. The zero-order valence-corrected chi connectivity index (χ0v) is 13.8. The lowest BCUT2D eigenvalue weighted by molar-refractivity contribution is 0.106. The molecular weight excluding hydrogens is 256 g/mol. The molecule has 0 aromatic heterocycles. The molecule has 21 heavy (non-hydrogen) atoms. The second-order valence-electron chi connectivity index (χ2n) is 7.52. The lowest BCUT2D eigenvalue weighted by Crippen LogP contribution is -2.51. The first-order chi connectivity index (χ1) is 10.0. The van der Waals surface area contributed by atoms with Crippen LogP contribution in [0.5, 0.6) is 0 Å². The summed E-state index contributed by atoms with van der Waals surface area (Å²) in [6.45, 7) is 9.14. The molecule has 1 aromatic carbocycles. The van der Waals surface area contributed by atoms with E-state index in [2.05, 4.69) is 43.9 Å². The molecule has 0 bridgehead atoms. The molecule has 1 heterocycles. The molecule has 3 rings (SSSR count). The molecule has 116 valence electrons. The van der Waals surface area contributed by atoms with Crippen molar-refractivity contribution in [2.45, 2.75) is 58.5 Å². The maximum absolute atomic E-state index is 6.34. The highest BCUT2D eigenvalue weighted by molar-refractivity contribution is 5.30. The first-order valence-corrected chi connectivity index (χ1v) is 8.58. The molecule has 1 saturated carbocycles. The van der Waals surface area contributed by atoms with Gasteiger partial charge in [0, 0.05) is 25.2 Å². The molecular formula is C19H30N2. The van der Waals surface area contributed by atoms with Gasteiger partial charge in [0.1, 0.15) is 0 Å². The largest absolute Gasteiger partial charge is 0.327 e. The SMILES string of the molecule is Cc1ccc(CC2CC(N)CN(C(C)C3CC3)C2)cc1C. The fourth-order valence-electron chi connectivity index (χ4n) is 3.91. The smallest absolute Gasteiger partial charge is 0.0171 e. The standard InChI is InChI=1S/C19H30N2/c1-13-4-5-16(8-14(13)2)9-17-10-19(20)12-21(11-17)15(3)18-6-7-18/h4-5,8,15,17-19H,6-7,9-12,20H2,1-3H3. The topological polar surface area (TPSA) is 29.3 Å². The third-order valence-electron chi connectivity index (χ3n) is 5.57. The Bertz CT molecular complexity index is 492. The summed E-state index contributed by atoms with van der Waals surface area (Å²) in [6, 6.07) is 8.02. The van der Waals surface area contributed by atoms with Crippen LogP contribution in [0.3, 0.4) is 0 Å². The van der Waals surface area contributed by atoms with Crippen molar-refractivity contribution >= 4 is 0 Å². The van der Waals surface area contributed by atoms with Gasteiger partial charge in [-0.1, -0.05) is 18.2 Å². The number of likely N-dealkylation sites (tertiary alicyclic amines) is 1. The summed E-state index contributed by atoms with van der Waals surface area (Å²) in [5, 5.41) is 0. The monoisotopic (exact) mass is 286 g/mol. The number of nitrogens with zero attached hydrogens (tertiary/aromatic N) is 1. The summed E-state index contributed by atoms with van der Waals surface area (Å²) in [6.07, 6.45) is 5.22. The van der Waals surface area contributed by atoms with Crippen molar-refractivity contribution in [3.8, 4) is 0 Å². The van der Waals surface area contributed by atoms with Gasteiger partial charge in [-0.25, -0.2) is 0 Å². The van der Waals surface area contributed by atoms with Crippen molar-refractivity contribution in [1.29, 1.82) is 0 Å². The van der Waals surface area contributed by atoms with Gasteiger partial charge in [-0.3, -0.25) is 4.90 Å². The maximum Gasteiger partial charge on any atom is 0.0171 e. The molecule has 2 fully saturated rings. The number of benzene rings is 1. The Morgan fingerprint density at radius 1 is 1.19 bits per heavy atom. The highest BCUT2D eigenvalue weighted by atomic mass is 15.2. The van der Waals surface area contributed by atoms with Crippen LogP contribution in [0, 0.1) is 25.7 Å². The maximum atomic E-state index is 6.34. The molecule has 1 aliphatic heterocycles. The van der Waals surface area contributed by atoms with E-state index >= 15 is 0 Å². The average Bonchev–Trinajstić information content (AvgIpc) is 3.26. The van der Waals surface area contributed by atoms with Crippen LogP contribution in [0.25, 0.3) is 0 Å². The van der Waals surface area contributed by atoms with E-state index in [1.165, 1.54) is 48.9 Å². The highest BCUT2D eigenvalue weighted by Gasteiger charge is 2.35. The molecule has 1 aliphatic carbocycles. The first-order valence-electron chi connectivity index (χ1n) is 8.58. The van der Waals surface area contributed by atoms with Gasteiger partial charge in [-0.15, -0.1) is 0 Å². The summed E-state index contributed by atoms with van der Waals surface area (Å²) in [4.78, 5) is 2.66. The summed E-state index contributed by atoms with van der Waals surface area (Å²) < 4.78 is 0. The van der Waals surface area contributed by atoms with Crippen molar-refractivity contribution in [3.63, 3.8) is 0 Å². The minimum Gasteiger partial charge on any atom is -0.327 e. The van der Waals surface area contributed by atoms with E-state index < -0.39 is 0 Å². The van der Waals surface area contributed by atoms with Crippen LogP contribution in [0.1, 0.15) is 42.9 Å². The molecule has 0 radical (unpaired) electrons. The molecule has 2 aliphatic rings. The van der Waals surface area contributed by atoms with Crippen LogP contribution >= 0.6 is 0 Å². The third kappa shape index (κ3) is 3.67. The molecule has 2 heteroatoms. The van der Waals surface area contributed by atoms with E-state index in [4.69, 9.17) is 5.73 Å². The Kier molecular flexibility index (Phi) is 4.37. The Morgan fingerprint density at radius 2 is 1.95 bits per heavy atom. The number of nitrogens with two attached hydrogens (primary N) is 1. The molecule has 0 amide bonds. The zero-order valence-electron chi connectivity index (χ0n) is 13.8. The summed E-state index contributed by atoms with van der Waals surface area (Å²) in [5.74, 6) is 1.66. The molecule has 2 nitrogen and oxygen atoms in total. The van der Waals surface area contributed by atoms with Crippen molar-refractivity contribution < 1.29 is 0 Å². The predicted octanol–water partition coefficient (Wildman–Crippen LogP) is 3.29. The van der Waals surface area contributed by atoms with Crippen LogP contribution in [0.4, 0.5) is 0 Å². The molecule has 0 spiro atoms. The fourth-order valence-corrected chi connectivity index (χ4v) is 3.91. The van der Waals surface area contributed by atoms with Crippen molar-refractivity contribution in [2.24, 2.45) is 17.6 Å². The van der Waals surface area contributed by atoms with Crippen molar-refractivity contribution in [1.82, 2.24) is 4.90 Å². The van der Waals surface area contributed by atoms with E-state index in [0.717, 1.165) is 24.4 Å². The summed E-state index contributed by atoms with van der Waals surface area (Å²) >= 11 is 0. The molecule has 1 saturated heterocycles. The van der Waals surface area contributed by atoms with E-state index in [-0.39, 0.29) is 0 Å². The van der Waals surface area contributed by atoms with E-state index in [0.29, 0.717) is 6.04 Å². The second kappa shape index (κ2) is 6.10. The summed E-state index contributed by atoms with van der Waals surface area (Å²) in [7, 11) is 0. The Balaban J connectivity index is 1.64. The summed E-state index contributed by atoms with van der Waals surface area (Å²) in [5.41, 5.74) is 10.6. The number of hydrogen-bond donors (Lipinski definition) is 1. The van der Waals surface area contributed by atoms with Gasteiger partial charge in [-0.05, 0) is 75.0 Å². The van der Waals surface area contributed by atoms with Crippen LogP contribution in [0.2, 0.25) is 0 Å². The van der Waals surface area contributed by atoms with Gasteiger partial charge in [0.25, 0.3) is 0 Å². The van der Waals surface area contributed by atoms with E-state index in [1.54, 1.807) is 0 Å². The van der Waals surface area contributed by atoms with Gasteiger partial charge in [0.2, 0.25) is 0 Å². The van der Waals surface area contributed by atoms with Crippen LogP contribution in [-0.4, -0.2) is 30.1 Å². The molecule has 3 unspecified atom stereocenters. The van der Waals surface area contributed by atoms with Crippen molar-refractivity contribution in [3.05, 3.63) is 34.9 Å². The number of hydrogen-bond acceptors (Lipinski definition) is 2. The van der Waals surface area contributed by atoms with Gasteiger partial charge < -0.3 is 5.73 Å². The Hall–Kier alpha value is -0.860. The molecule has 2 N–H and O–H groups in total. The first kappa shape index (κ1) is 15.1. The third-order valence-corrected chi connectivity index (χ3v) is 5.57. The minimum atomic E-state index is 0.358. The number of piperidine rings is 1. The van der Waals surface area contributed by atoms with Gasteiger partial charge in [-0.2, -0.15) is 0 Å². The van der Waals surface area contributed by atoms with Gasteiger partial charge >= 0.3 is 0 Å². The quantitative estimate of drug-likeness (QED) is 0.920. The van der Waals surface area contributed by atoms with E-state index in [9.17, 15) is 0 Å². The molecule has 1 aromatic rings. The van der Waals surface area contributed by atoms with Gasteiger partial charge in [0.15, 0.2) is 0 Å². The average molecular weight is 286 g/mol. The fraction of sp³-hybridized carbons (Fsp3) is 0.684. The number of rotatable bonds is 4. The normalized spacial score (nSPS) is 28.6. The van der Waals surface area contributed by atoms with Crippen LogP contribution in [0.15, 0.2) is 18.2 Å². The van der Waals surface area contributed by atoms with Crippen molar-refractivity contribution in [2.75, 3.05) is 13.1 Å². The van der Waals surface area contributed by atoms with Crippen LogP contribution < -0.4 is 5.73 Å².